The number of rotatable bonds is 7. The molecule has 18 heavy (non-hydrogen) atoms. The second-order valence-electron chi connectivity index (χ2n) is 4.01. The number of carbonyl (C=O) groups is 1. The van der Waals surface area contributed by atoms with E-state index in [4.69, 9.17) is 0 Å². The number of hydrogen-bond donors (Lipinski definition) is 0. The summed E-state index contributed by atoms with van der Waals surface area (Å²) in [4.78, 5) is 12.3. The Labute approximate surface area is 111 Å². The normalized spacial score (nSPS) is 11.4. The molecule has 0 aliphatic carbocycles. The lowest BCUT2D eigenvalue weighted by Gasteiger charge is -2.01. The van der Waals surface area contributed by atoms with Crippen molar-refractivity contribution in [1.29, 1.82) is 0 Å². The molecular formula is C12H15FO3S2. The molecule has 0 atom stereocenters. The maximum absolute atomic E-state index is 12.6. The molecule has 0 radical (unpaired) electrons. The first-order chi connectivity index (χ1) is 8.37. The highest BCUT2D eigenvalue weighted by Gasteiger charge is 2.07. The molecule has 3 nitrogen and oxygen atoms in total. The summed E-state index contributed by atoms with van der Waals surface area (Å²) in [7, 11) is -2.99. The van der Waals surface area contributed by atoms with Crippen LogP contribution in [0.5, 0.6) is 0 Å². The van der Waals surface area contributed by atoms with Crippen LogP contribution in [0.1, 0.15) is 12.8 Å². The van der Waals surface area contributed by atoms with Crippen molar-refractivity contribution in [3.05, 3.63) is 30.1 Å². The second-order valence-corrected chi connectivity index (χ2v) is 7.32. The van der Waals surface area contributed by atoms with Gasteiger partial charge in [0.25, 0.3) is 0 Å². The van der Waals surface area contributed by atoms with E-state index >= 15 is 0 Å². The Balaban J connectivity index is 2.27. The Kier molecular flexibility index (Phi) is 5.81. The molecule has 6 heteroatoms. The minimum Gasteiger partial charge on any atom is -0.299 e. The first-order valence-corrected chi connectivity index (χ1v) is 8.49. The van der Waals surface area contributed by atoms with E-state index in [1.54, 1.807) is 12.1 Å². The summed E-state index contributed by atoms with van der Waals surface area (Å²) in [6.45, 7) is 0. The molecule has 1 rings (SSSR count). The van der Waals surface area contributed by atoms with Crippen molar-refractivity contribution >= 4 is 27.4 Å². The van der Waals surface area contributed by atoms with Crippen LogP contribution < -0.4 is 0 Å². The zero-order valence-corrected chi connectivity index (χ0v) is 11.7. The molecule has 0 saturated heterocycles. The number of ketones is 1. The third-order valence-corrected chi connectivity index (χ3v) is 4.29. The van der Waals surface area contributed by atoms with E-state index in [1.165, 1.54) is 23.9 Å². The van der Waals surface area contributed by atoms with Gasteiger partial charge in [0.2, 0.25) is 0 Å². The average Bonchev–Trinajstić information content (AvgIpc) is 2.26. The monoisotopic (exact) mass is 290 g/mol. The van der Waals surface area contributed by atoms with E-state index in [0.29, 0.717) is 6.42 Å². The molecule has 0 amide bonds. The Morgan fingerprint density at radius 2 is 1.89 bits per heavy atom. The van der Waals surface area contributed by atoms with Crippen molar-refractivity contribution in [1.82, 2.24) is 0 Å². The SMILES string of the molecule is CS(=O)(=O)CCCC(=O)CSc1ccc(F)cc1. The van der Waals surface area contributed by atoms with Crippen LogP contribution in [0, 0.1) is 5.82 Å². The third kappa shape index (κ3) is 6.76. The number of halogens is 1. The first kappa shape index (κ1) is 15.2. The molecule has 0 aliphatic heterocycles. The molecular weight excluding hydrogens is 275 g/mol. The minimum absolute atomic E-state index is 0.00738. The van der Waals surface area contributed by atoms with Gasteiger partial charge in [-0.05, 0) is 30.7 Å². The average molecular weight is 290 g/mol. The van der Waals surface area contributed by atoms with Crippen molar-refractivity contribution in [2.45, 2.75) is 17.7 Å². The smallest absolute Gasteiger partial charge is 0.147 e. The van der Waals surface area contributed by atoms with Gasteiger partial charge in [-0.3, -0.25) is 4.79 Å². The van der Waals surface area contributed by atoms with Gasteiger partial charge in [0.1, 0.15) is 21.4 Å². The molecule has 0 heterocycles. The van der Waals surface area contributed by atoms with Gasteiger partial charge in [-0.1, -0.05) is 0 Å². The fraction of sp³-hybridized carbons (Fsp3) is 0.417. The quantitative estimate of drug-likeness (QED) is 0.723. The van der Waals surface area contributed by atoms with Crippen molar-refractivity contribution in [3.63, 3.8) is 0 Å². The minimum atomic E-state index is -2.99. The molecule has 0 N–H and O–H groups in total. The summed E-state index contributed by atoms with van der Waals surface area (Å²) < 4.78 is 34.4. The van der Waals surface area contributed by atoms with Crippen molar-refractivity contribution in [3.8, 4) is 0 Å². The van der Waals surface area contributed by atoms with Crippen molar-refractivity contribution in [2.24, 2.45) is 0 Å². The first-order valence-electron chi connectivity index (χ1n) is 5.44. The van der Waals surface area contributed by atoms with Gasteiger partial charge < -0.3 is 0 Å². The van der Waals surface area contributed by atoms with Gasteiger partial charge in [0.05, 0.1) is 11.5 Å². The molecule has 0 aromatic heterocycles. The van der Waals surface area contributed by atoms with Crippen LogP contribution in [0.2, 0.25) is 0 Å². The molecule has 0 bridgehead atoms. The Morgan fingerprint density at radius 1 is 1.28 bits per heavy atom. The van der Waals surface area contributed by atoms with E-state index in [1.807, 2.05) is 0 Å². The molecule has 0 fully saturated rings. The zero-order valence-electron chi connectivity index (χ0n) is 10.1. The van der Waals surface area contributed by atoms with Gasteiger partial charge in [0, 0.05) is 17.6 Å². The summed E-state index contributed by atoms with van der Waals surface area (Å²) in [5.41, 5.74) is 0. The molecule has 0 saturated carbocycles. The molecule has 1 aromatic rings. The molecule has 0 aliphatic rings. The maximum Gasteiger partial charge on any atom is 0.147 e. The molecule has 1 aromatic carbocycles. The molecule has 0 unspecified atom stereocenters. The predicted molar refractivity (Wildman–Crippen MR) is 71.1 cm³/mol. The fourth-order valence-corrected chi connectivity index (χ4v) is 2.77. The second kappa shape index (κ2) is 6.89. The summed E-state index contributed by atoms with van der Waals surface area (Å²) >= 11 is 1.33. The number of benzene rings is 1. The highest BCUT2D eigenvalue weighted by molar-refractivity contribution is 8.00. The lowest BCUT2D eigenvalue weighted by molar-refractivity contribution is -0.116. The lowest BCUT2D eigenvalue weighted by atomic mass is 10.2. The van der Waals surface area contributed by atoms with E-state index in [0.717, 1.165) is 11.2 Å². The summed E-state index contributed by atoms with van der Waals surface area (Å²) in [6.07, 6.45) is 1.79. The van der Waals surface area contributed by atoms with Gasteiger partial charge in [-0.25, -0.2) is 12.8 Å². The summed E-state index contributed by atoms with van der Waals surface area (Å²) in [5, 5.41) is 0. The number of carbonyl (C=O) groups excluding carboxylic acids is 1. The highest BCUT2D eigenvalue weighted by Crippen LogP contribution is 2.18. The largest absolute Gasteiger partial charge is 0.299 e. The van der Waals surface area contributed by atoms with Gasteiger partial charge in [0.15, 0.2) is 0 Å². The molecule has 0 spiro atoms. The Hall–Kier alpha value is -0.880. The van der Waals surface area contributed by atoms with Gasteiger partial charge in [-0.15, -0.1) is 11.8 Å². The van der Waals surface area contributed by atoms with Crippen LogP contribution in [-0.2, 0) is 14.6 Å². The van der Waals surface area contributed by atoms with Crippen LogP contribution in [0.4, 0.5) is 4.39 Å². The third-order valence-electron chi connectivity index (χ3n) is 2.18. The Morgan fingerprint density at radius 3 is 2.44 bits per heavy atom. The van der Waals surface area contributed by atoms with Crippen LogP contribution in [-0.4, -0.2) is 32.0 Å². The summed E-state index contributed by atoms with van der Waals surface area (Å²) in [5.74, 6) is 0.0295. The number of hydrogen-bond acceptors (Lipinski definition) is 4. The van der Waals surface area contributed by atoms with Crippen LogP contribution in [0.25, 0.3) is 0 Å². The highest BCUT2D eigenvalue weighted by atomic mass is 32.2. The lowest BCUT2D eigenvalue weighted by Crippen LogP contribution is -2.07. The van der Waals surface area contributed by atoms with E-state index in [2.05, 4.69) is 0 Å². The van der Waals surface area contributed by atoms with E-state index < -0.39 is 9.84 Å². The topological polar surface area (TPSA) is 51.2 Å². The fourth-order valence-electron chi connectivity index (χ4n) is 1.30. The number of sulfone groups is 1. The van der Waals surface area contributed by atoms with E-state index in [-0.39, 0.29) is 29.5 Å². The van der Waals surface area contributed by atoms with Gasteiger partial charge in [-0.2, -0.15) is 0 Å². The van der Waals surface area contributed by atoms with Crippen LogP contribution in [0.15, 0.2) is 29.2 Å². The standard InChI is InChI=1S/C12H15FO3S2/c1-18(15,16)8-2-3-11(14)9-17-12-6-4-10(13)5-7-12/h4-7H,2-3,8-9H2,1H3. The number of Topliss-reactive ketones (excluding diaryl/α,β-unsaturated/α-hetero) is 1. The van der Waals surface area contributed by atoms with Crippen LogP contribution in [0.3, 0.4) is 0 Å². The predicted octanol–water partition coefficient (Wildman–Crippen LogP) is 2.31. The van der Waals surface area contributed by atoms with Gasteiger partial charge >= 0.3 is 0 Å². The maximum atomic E-state index is 12.6. The van der Waals surface area contributed by atoms with Crippen molar-refractivity contribution in [2.75, 3.05) is 17.8 Å². The molecule has 100 valence electrons. The van der Waals surface area contributed by atoms with Crippen molar-refractivity contribution < 1.29 is 17.6 Å². The Bertz CT molecular complexity index is 495. The van der Waals surface area contributed by atoms with E-state index in [9.17, 15) is 17.6 Å². The zero-order chi connectivity index (χ0) is 13.6. The van der Waals surface area contributed by atoms with Crippen LogP contribution >= 0.6 is 11.8 Å². The number of thioether (sulfide) groups is 1. The summed E-state index contributed by atoms with van der Waals surface area (Å²) in [6, 6.07) is 5.92.